The Kier molecular flexibility index (Phi) is 6.97. The third kappa shape index (κ3) is 4.53. The summed E-state index contributed by atoms with van der Waals surface area (Å²) in [6.45, 7) is 3.05. The number of amides is 2. The second-order valence-corrected chi connectivity index (χ2v) is 8.06. The maximum absolute atomic E-state index is 13.8. The van der Waals surface area contributed by atoms with Crippen LogP contribution in [0, 0.1) is 0 Å². The van der Waals surface area contributed by atoms with Gasteiger partial charge in [-0.05, 0) is 30.2 Å². The lowest BCUT2D eigenvalue weighted by Gasteiger charge is -2.22. The van der Waals surface area contributed by atoms with Crippen LogP contribution < -0.4 is 14.4 Å². The molecule has 0 atom stereocenters. The molecule has 0 bridgehead atoms. The Morgan fingerprint density at radius 2 is 1.62 bits per heavy atom. The highest BCUT2D eigenvalue weighted by atomic mass is 16.5. The van der Waals surface area contributed by atoms with Gasteiger partial charge in [0.25, 0.3) is 11.8 Å². The number of para-hydroxylation sites is 1. The van der Waals surface area contributed by atoms with E-state index in [4.69, 9.17) is 9.47 Å². The number of hydrogen-bond donors (Lipinski definition) is 0. The largest absolute Gasteiger partial charge is 0.496 e. The van der Waals surface area contributed by atoms with Crippen LogP contribution in [0.15, 0.2) is 84.6 Å². The molecule has 174 valence electrons. The third-order valence-electron chi connectivity index (χ3n) is 5.63. The fourth-order valence-electron chi connectivity index (χ4n) is 4.07. The zero-order valence-corrected chi connectivity index (χ0v) is 19.7. The van der Waals surface area contributed by atoms with Crippen molar-refractivity contribution in [1.82, 2.24) is 4.90 Å². The van der Waals surface area contributed by atoms with E-state index in [-0.39, 0.29) is 5.91 Å². The van der Waals surface area contributed by atoms with E-state index in [2.05, 4.69) is 0 Å². The van der Waals surface area contributed by atoms with Gasteiger partial charge in [0.1, 0.15) is 17.2 Å². The molecule has 0 fully saturated rings. The molecule has 0 aromatic heterocycles. The molecule has 6 heteroatoms. The van der Waals surface area contributed by atoms with E-state index >= 15 is 0 Å². The standard InChI is InChI=1S/C28H28N2O4/c1-4-17-34-22-14-10-13-21(18-22)30-27(31)25(23-15-8-9-16-24(23)33-3)26(28(30)32)29(2)19-20-11-6-5-7-12-20/h5-16,18H,4,17,19H2,1-3H3. The highest BCUT2D eigenvalue weighted by Gasteiger charge is 2.42. The predicted molar refractivity (Wildman–Crippen MR) is 133 cm³/mol. The van der Waals surface area contributed by atoms with Crippen molar-refractivity contribution in [3.8, 4) is 11.5 Å². The molecule has 0 N–H and O–H groups in total. The van der Waals surface area contributed by atoms with Crippen molar-refractivity contribution in [1.29, 1.82) is 0 Å². The molecule has 0 saturated carbocycles. The van der Waals surface area contributed by atoms with Crippen LogP contribution in [-0.2, 0) is 16.1 Å². The summed E-state index contributed by atoms with van der Waals surface area (Å²) in [6, 6.07) is 24.2. The lowest BCUT2D eigenvalue weighted by Crippen LogP contribution is -2.34. The van der Waals surface area contributed by atoms with Crippen molar-refractivity contribution < 1.29 is 19.1 Å². The van der Waals surface area contributed by atoms with Crippen LogP contribution in [0.2, 0.25) is 0 Å². The van der Waals surface area contributed by atoms with Gasteiger partial charge in [0.05, 0.1) is 25.0 Å². The van der Waals surface area contributed by atoms with Crippen LogP contribution in [-0.4, -0.2) is 37.5 Å². The average molecular weight is 457 g/mol. The number of imide groups is 1. The third-order valence-corrected chi connectivity index (χ3v) is 5.63. The summed E-state index contributed by atoms with van der Waals surface area (Å²) in [4.78, 5) is 30.6. The van der Waals surface area contributed by atoms with Crippen molar-refractivity contribution in [3.05, 3.63) is 95.7 Å². The first-order valence-electron chi connectivity index (χ1n) is 11.3. The molecule has 0 unspecified atom stereocenters. The summed E-state index contributed by atoms with van der Waals surface area (Å²) >= 11 is 0. The quantitative estimate of drug-likeness (QED) is 0.429. The fraction of sp³-hybridized carbons (Fsp3) is 0.214. The number of benzene rings is 3. The highest BCUT2D eigenvalue weighted by Crippen LogP contribution is 2.38. The van der Waals surface area contributed by atoms with Gasteiger partial charge in [-0.15, -0.1) is 0 Å². The van der Waals surface area contributed by atoms with Gasteiger partial charge in [-0.2, -0.15) is 0 Å². The number of rotatable bonds is 9. The van der Waals surface area contributed by atoms with Gasteiger partial charge in [-0.25, -0.2) is 4.90 Å². The molecular formula is C28H28N2O4. The predicted octanol–water partition coefficient (Wildman–Crippen LogP) is 4.90. The second-order valence-electron chi connectivity index (χ2n) is 8.06. The van der Waals surface area contributed by atoms with E-state index in [9.17, 15) is 9.59 Å². The molecule has 0 spiro atoms. The zero-order chi connectivity index (χ0) is 24.1. The smallest absolute Gasteiger partial charge is 0.282 e. The summed E-state index contributed by atoms with van der Waals surface area (Å²) in [5.74, 6) is 0.380. The van der Waals surface area contributed by atoms with E-state index in [1.165, 1.54) is 4.90 Å². The van der Waals surface area contributed by atoms with Crippen molar-refractivity contribution in [2.45, 2.75) is 19.9 Å². The Morgan fingerprint density at radius 3 is 2.35 bits per heavy atom. The number of carbonyl (C=O) groups excluding carboxylic acids is 2. The van der Waals surface area contributed by atoms with Crippen LogP contribution in [0.1, 0.15) is 24.5 Å². The Bertz CT molecular complexity index is 1220. The molecule has 4 rings (SSSR count). The molecule has 3 aromatic carbocycles. The highest BCUT2D eigenvalue weighted by molar-refractivity contribution is 6.45. The summed E-state index contributed by atoms with van der Waals surface area (Å²) in [6.07, 6.45) is 0.861. The fourth-order valence-corrected chi connectivity index (χ4v) is 4.07. The van der Waals surface area contributed by atoms with Gasteiger partial charge in [-0.3, -0.25) is 9.59 Å². The van der Waals surface area contributed by atoms with Gasteiger partial charge in [0, 0.05) is 25.2 Å². The number of anilines is 1. The number of ether oxygens (including phenoxy) is 2. The monoisotopic (exact) mass is 456 g/mol. The molecule has 0 radical (unpaired) electrons. The number of carbonyl (C=O) groups is 2. The first kappa shape index (κ1) is 23.1. The van der Waals surface area contributed by atoms with Gasteiger partial charge in [0.2, 0.25) is 0 Å². The summed E-state index contributed by atoms with van der Waals surface area (Å²) in [5, 5.41) is 0. The Balaban J connectivity index is 1.79. The molecule has 1 aliphatic rings. The molecule has 0 aliphatic carbocycles. The Labute approximate surface area is 200 Å². The van der Waals surface area contributed by atoms with E-state index in [1.807, 2.05) is 67.4 Å². The van der Waals surface area contributed by atoms with Crippen molar-refractivity contribution in [2.24, 2.45) is 0 Å². The van der Waals surface area contributed by atoms with Crippen molar-refractivity contribution >= 4 is 23.1 Å². The maximum atomic E-state index is 13.8. The molecule has 1 aliphatic heterocycles. The molecular weight excluding hydrogens is 428 g/mol. The van der Waals surface area contributed by atoms with Crippen LogP contribution >= 0.6 is 0 Å². The summed E-state index contributed by atoms with van der Waals surface area (Å²) < 4.78 is 11.3. The topological polar surface area (TPSA) is 59.1 Å². The van der Waals surface area contributed by atoms with E-state index in [0.717, 1.165) is 12.0 Å². The average Bonchev–Trinajstić information content (AvgIpc) is 3.13. The van der Waals surface area contributed by atoms with Crippen LogP contribution in [0.25, 0.3) is 5.57 Å². The molecule has 34 heavy (non-hydrogen) atoms. The normalized spacial score (nSPS) is 13.4. The molecule has 1 heterocycles. The van der Waals surface area contributed by atoms with Gasteiger partial charge in [-0.1, -0.05) is 61.5 Å². The van der Waals surface area contributed by atoms with Crippen LogP contribution in [0.5, 0.6) is 11.5 Å². The van der Waals surface area contributed by atoms with E-state index in [1.54, 1.807) is 37.4 Å². The second kappa shape index (κ2) is 10.3. The lowest BCUT2D eigenvalue weighted by atomic mass is 10.0. The van der Waals surface area contributed by atoms with Crippen LogP contribution in [0.4, 0.5) is 5.69 Å². The Morgan fingerprint density at radius 1 is 0.882 bits per heavy atom. The van der Waals surface area contributed by atoms with Crippen molar-refractivity contribution in [3.63, 3.8) is 0 Å². The minimum absolute atomic E-state index is 0.320. The van der Waals surface area contributed by atoms with Gasteiger partial charge >= 0.3 is 0 Å². The van der Waals surface area contributed by atoms with Crippen molar-refractivity contribution in [2.75, 3.05) is 25.7 Å². The first-order chi connectivity index (χ1) is 16.5. The van der Waals surface area contributed by atoms with Gasteiger partial charge < -0.3 is 14.4 Å². The molecule has 6 nitrogen and oxygen atoms in total. The maximum Gasteiger partial charge on any atom is 0.282 e. The summed E-state index contributed by atoms with van der Waals surface area (Å²) in [5.41, 5.74) is 2.74. The summed E-state index contributed by atoms with van der Waals surface area (Å²) in [7, 11) is 3.38. The SMILES string of the molecule is CCCOc1cccc(N2C(=O)C(c3ccccc3OC)=C(N(C)Cc3ccccc3)C2=O)c1. The number of nitrogens with zero attached hydrogens (tertiary/aromatic N) is 2. The van der Waals surface area contributed by atoms with E-state index < -0.39 is 5.91 Å². The van der Waals surface area contributed by atoms with Gasteiger partial charge in [0.15, 0.2) is 0 Å². The van der Waals surface area contributed by atoms with E-state index in [0.29, 0.717) is 47.2 Å². The first-order valence-corrected chi connectivity index (χ1v) is 11.3. The number of likely N-dealkylation sites (N-methyl/N-ethyl adjacent to an activating group) is 1. The molecule has 3 aromatic rings. The molecule has 0 saturated heterocycles. The lowest BCUT2D eigenvalue weighted by molar-refractivity contribution is -0.120. The zero-order valence-electron chi connectivity index (χ0n) is 19.7. The van der Waals surface area contributed by atoms with Crippen LogP contribution in [0.3, 0.4) is 0 Å². The molecule has 2 amide bonds. The minimum Gasteiger partial charge on any atom is -0.496 e. The number of methoxy groups -OCH3 is 1. The Hall–Kier alpha value is -4.06. The number of hydrogen-bond acceptors (Lipinski definition) is 5. The minimum atomic E-state index is -0.392.